The molecule has 4 aliphatic carbocycles. The first-order chi connectivity index (χ1) is 13.0. The number of rotatable bonds is 2. The van der Waals surface area contributed by atoms with Crippen LogP contribution < -0.4 is 0 Å². The fraction of sp³-hybridized carbons (Fsp3) is 0.818. The SMILES string of the molecule is C=C1C(=O)[C@]23[C@H](O)C[C@@H]4C(C)(C)CCC[C@@]4(CO)[C@@H]2[C@@H](OC(C)=O)C[C@@H]1[C@H]3O. The van der Waals surface area contributed by atoms with E-state index in [4.69, 9.17) is 4.74 Å². The van der Waals surface area contributed by atoms with Crippen molar-refractivity contribution >= 4 is 11.8 Å². The van der Waals surface area contributed by atoms with E-state index in [9.17, 15) is 24.9 Å². The van der Waals surface area contributed by atoms with Gasteiger partial charge in [0.25, 0.3) is 0 Å². The van der Waals surface area contributed by atoms with E-state index in [-0.39, 0.29) is 23.7 Å². The van der Waals surface area contributed by atoms with Crippen LogP contribution in [-0.2, 0) is 14.3 Å². The Morgan fingerprint density at radius 2 is 1.93 bits per heavy atom. The van der Waals surface area contributed by atoms with Gasteiger partial charge in [-0.05, 0) is 42.6 Å². The van der Waals surface area contributed by atoms with Gasteiger partial charge in [0.15, 0.2) is 5.78 Å². The molecule has 4 rings (SSSR count). The number of esters is 1. The standard InChI is InChI=1S/C22H32O6/c1-11-13-8-14(28-12(2)24)17-21(10-23)7-5-6-20(3,4)15(21)9-16(25)22(17,18(11)26)19(13)27/h13-17,19,23,25,27H,1,5-10H2,2-4H3/t13-,14-,15+,16+,17-,19+,21-,22-/m0/s1. The third kappa shape index (κ3) is 2.20. The van der Waals surface area contributed by atoms with E-state index in [1.165, 1.54) is 6.92 Å². The van der Waals surface area contributed by atoms with Gasteiger partial charge in [0, 0.05) is 30.8 Å². The van der Waals surface area contributed by atoms with Gasteiger partial charge in [0.2, 0.25) is 0 Å². The van der Waals surface area contributed by atoms with E-state index in [1.54, 1.807) is 0 Å². The van der Waals surface area contributed by atoms with Crippen molar-refractivity contribution in [1.82, 2.24) is 0 Å². The second kappa shape index (κ2) is 6.13. The Morgan fingerprint density at radius 3 is 2.54 bits per heavy atom. The van der Waals surface area contributed by atoms with Crippen LogP contribution in [0.2, 0.25) is 0 Å². The molecule has 0 aromatic heterocycles. The molecule has 156 valence electrons. The van der Waals surface area contributed by atoms with Crippen LogP contribution in [0.25, 0.3) is 0 Å². The number of Topliss-reactive ketones (excluding diaryl/α,β-unsaturated/α-hetero) is 1. The second-order valence-corrected chi connectivity index (χ2v) is 10.2. The van der Waals surface area contributed by atoms with Gasteiger partial charge in [0.1, 0.15) is 6.10 Å². The van der Waals surface area contributed by atoms with Crippen molar-refractivity contribution in [2.75, 3.05) is 6.61 Å². The summed E-state index contributed by atoms with van der Waals surface area (Å²) in [6.45, 7) is 9.39. The van der Waals surface area contributed by atoms with Crippen molar-refractivity contribution in [3.63, 3.8) is 0 Å². The van der Waals surface area contributed by atoms with E-state index < -0.39 is 46.9 Å². The highest BCUT2D eigenvalue weighted by atomic mass is 16.5. The molecule has 28 heavy (non-hydrogen) atoms. The van der Waals surface area contributed by atoms with Crippen LogP contribution in [-0.4, -0.2) is 52.0 Å². The normalized spacial score (nSPS) is 49.4. The minimum atomic E-state index is -1.45. The number of carbonyl (C=O) groups excluding carboxylic acids is 2. The minimum Gasteiger partial charge on any atom is -0.462 e. The Hall–Kier alpha value is -1.24. The lowest BCUT2D eigenvalue weighted by molar-refractivity contribution is -0.266. The summed E-state index contributed by atoms with van der Waals surface area (Å²) in [5.74, 6) is -1.94. The molecular weight excluding hydrogens is 360 g/mol. The smallest absolute Gasteiger partial charge is 0.302 e. The van der Waals surface area contributed by atoms with Crippen molar-refractivity contribution in [2.24, 2.45) is 34.0 Å². The van der Waals surface area contributed by atoms with E-state index in [0.717, 1.165) is 12.8 Å². The fourth-order valence-corrected chi connectivity index (χ4v) is 7.76. The molecule has 4 saturated carbocycles. The number of fused-ring (bicyclic) bond motifs is 3. The highest BCUT2D eigenvalue weighted by Crippen LogP contribution is 2.71. The molecule has 6 nitrogen and oxygen atoms in total. The zero-order valence-electron chi connectivity index (χ0n) is 17.0. The van der Waals surface area contributed by atoms with Crippen molar-refractivity contribution < 1.29 is 29.6 Å². The van der Waals surface area contributed by atoms with Crippen LogP contribution in [0.3, 0.4) is 0 Å². The topological polar surface area (TPSA) is 104 Å². The van der Waals surface area contributed by atoms with Crippen LogP contribution in [0.1, 0.15) is 52.9 Å². The molecular formula is C22H32O6. The monoisotopic (exact) mass is 392 g/mol. The van der Waals surface area contributed by atoms with Crippen LogP contribution >= 0.6 is 0 Å². The molecule has 3 N–H and O–H groups in total. The maximum atomic E-state index is 13.4. The number of aliphatic hydroxyl groups is 3. The molecule has 8 atom stereocenters. The van der Waals surface area contributed by atoms with E-state index >= 15 is 0 Å². The maximum Gasteiger partial charge on any atom is 0.302 e. The summed E-state index contributed by atoms with van der Waals surface area (Å²) >= 11 is 0. The van der Waals surface area contributed by atoms with Gasteiger partial charge < -0.3 is 20.1 Å². The second-order valence-electron chi connectivity index (χ2n) is 10.2. The summed E-state index contributed by atoms with van der Waals surface area (Å²) in [5, 5.41) is 33.3. The highest BCUT2D eigenvalue weighted by molar-refractivity contribution is 6.04. The number of ketones is 1. The third-order valence-electron chi connectivity index (χ3n) is 8.72. The Labute approximate surface area is 166 Å². The Balaban J connectivity index is 1.95. The predicted octanol–water partition coefficient (Wildman–Crippen LogP) is 1.61. The van der Waals surface area contributed by atoms with Crippen LogP contribution in [0.4, 0.5) is 0 Å². The Kier molecular flexibility index (Phi) is 4.39. The average Bonchev–Trinajstić information content (AvgIpc) is 2.73. The predicted molar refractivity (Wildman–Crippen MR) is 101 cm³/mol. The highest BCUT2D eigenvalue weighted by Gasteiger charge is 2.77. The molecule has 0 amide bonds. The molecule has 0 saturated heterocycles. The largest absolute Gasteiger partial charge is 0.462 e. The molecule has 2 bridgehead atoms. The molecule has 0 aromatic carbocycles. The molecule has 4 fully saturated rings. The van der Waals surface area contributed by atoms with Crippen LogP contribution in [0, 0.1) is 34.0 Å². The van der Waals surface area contributed by atoms with Crippen molar-refractivity contribution in [2.45, 2.75) is 71.2 Å². The maximum absolute atomic E-state index is 13.4. The van der Waals surface area contributed by atoms with E-state index in [1.807, 2.05) is 0 Å². The number of hydrogen-bond acceptors (Lipinski definition) is 6. The molecule has 0 aromatic rings. The zero-order valence-corrected chi connectivity index (χ0v) is 17.0. The van der Waals surface area contributed by atoms with Crippen LogP contribution in [0.15, 0.2) is 12.2 Å². The molecule has 1 spiro atoms. The van der Waals surface area contributed by atoms with Crippen molar-refractivity contribution in [3.05, 3.63) is 12.2 Å². The molecule has 0 aliphatic heterocycles. The van der Waals surface area contributed by atoms with Gasteiger partial charge in [-0.25, -0.2) is 0 Å². The molecule has 0 radical (unpaired) electrons. The fourth-order valence-electron chi connectivity index (χ4n) is 7.76. The number of carbonyl (C=O) groups is 2. The number of aliphatic hydroxyl groups excluding tert-OH is 3. The van der Waals surface area contributed by atoms with Gasteiger partial charge in [-0.2, -0.15) is 0 Å². The Morgan fingerprint density at radius 1 is 1.25 bits per heavy atom. The first-order valence-electron chi connectivity index (χ1n) is 10.4. The zero-order chi connectivity index (χ0) is 20.6. The molecule has 4 aliphatic rings. The summed E-state index contributed by atoms with van der Waals surface area (Å²) in [6.07, 6.45) is 0.442. The lowest BCUT2D eigenvalue weighted by Crippen LogP contribution is -2.72. The van der Waals surface area contributed by atoms with Gasteiger partial charge >= 0.3 is 5.97 Å². The molecule has 6 heteroatoms. The summed E-state index contributed by atoms with van der Waals surface area (Å²) in [5.41, 5.74) is -1.96. The summed E-state index contributed by atoms with van der Waals surface area (Å²) in [6, 6.07) is 0. The quantitative estimate of drug-likeness (QED) is 0.487. The lowest BCUT2D eigenvalue weighted by Gasteiger charge is -2.66. The van der Waals surface area contributed by atoms with Gasteiger partial charge in [0.05, 0.1) is 17.6 Å². The van der Waals surface area contributed by atoms with Crippen molar-refractivity contribution in [1.29, 1.82) is 0 Å². The summed E-state index contributed by atoms with van der Waals surface area (Å²) in [4.78, 5) is 25.4. The Bertz CT molecular complexity index is 729. The molecule has 0 heterocycles. The van der Waals surface area contributed by atoms with Gasteiger partial charge in [-0.3, -0.25) is 9.59 Å². The van der Waals surface area contributed by atoms with Crippen molar-refractivity contribution in [3.8, 4) is 0 Å². The summed E-state index contributed by atoms with van der Waals surface area (Å²) < 4.78 is 5.71. The average molecular weight is 392 g/mol. The third-order valence-corrected chi connectivity index (χ3v) is 8.72. The first-order valence-corrected chi connectivity index (χ1v) is 10.4. The first kappa shape index (κ1) is 20.0. The van der Waals surface area contributed by atoms with Gasteiger partial charge in [-0.15, -0.1) is 0 Å². The van der Waals surface area contributed by atoms with Crippen LogP contribution in [0.5, 0.6) is 0 Å². The summed E-state index contributed by atoms with van der Waals surface area (Å²) in [7, 11) is 0. The number of ether oxygens (including phenoxy) is 1. The van der Waals surface area contributed by atoms with Gasteiger partial charge in [-0.1, -0.05) is 26.8 Å². The lowest BCUT2D eigenvalue weighted by atomic mass is 9.39. The minimum absolute atomic E-state index is 0.0344. The number of hydrogen-bond donors (Lipinski definition) is 3. The van der Waals surface area contributed by atoms with E-state index in [0.29, 0.717) is 24.8 Å². The molecule has 0 unspecified atom stereocenters. The van der Waals surface area contributed by atoms with E-state index in [2.05, 4.69) is 20.4 Å².